The minimum atomic E-state index is 0.428. The van der Waals surface area contributed by atoms with Crippen LogP contribution in [0.2, 0.25) is 0 Å². The van der Waals surface area contributed by atoms with Gasteiger partial charge >= 0.3 is 0 Å². The molecule has 20 heavy (non-hydrogen) atoms. The minimum Gasteiger partial charge on any atom is -0.377 e. The Morgan fingerprint density at radius 3 is 3.05 bits per heavy atom. The van der Waals surface area contributed by atoms with Crippen LogP contribution in [0.25, 0.3) is 11.0 Å². The van der Waals surface area contributed by atoms with Crippen LogP contribution in [0.1, 0.15) is 11.5 Å². The molecule has 6 nitrogen and oxygen atoms in total. The van der Waals surface area contributed by atoms with Crippen molar-refractivity contribution in [3.8, 4) is 0 Å². The van der Waals surface area contributed by atoms with Gasteiger partial charge in [0.25, 0.3) is 0 Å². The monoisotopic (exact) mass is 290 g/mol. The van der Waals surface area contributed by atoms with E-state index in [0.717, 1.165) is 21.8 Å². The van der Waals surface area contributed by atoms with Gasteiger partial charge < -0.3 is 14.2 Å². The fraction of sp³-hybridized carbons (Fsp3) is 0.308. The second kappa shape index (κ2) is 5.56. The molecule has 0 N–H and O–H groups in total. The van der Waals surface area contributed by atoms with E-state index in [1.54, 1.807) is 7.11 Å². The molecule has 0 amide bonds. The molecule has 0 bridgehead atoms. The van der Waals surface area contributed by atoms with Crippen molar-refractivity contribution >= 4 is 27.6 Å². The van der Waals surface area contributed by atoms with Crippen LogP contribution in [0.5, 0.6) is 0 Å². The summed E-state index contributed by atoms with van der Waals surface area (Å²) in [5.41, 5.74) is 1.69. The molecule has 1 aromatic carbocycles. The van der Waals surface area contributed by atoms with Crippen molar-refractivity contribution < 1.29 is 9.26 Å². The molecular weight excluding hydrogens is 276 g/mol. The van der Waals surface area contributed by atoms with E-state index in [0.29, 0.717) is 19.0 Å². The molecule has 0 aliphatic heterocycles. The quantitative estimate of drug-likeness (QED) is 0.719. The third kappa shape index (κ3) is 2.50. The lowest BCUT2D eigenvalue weighted by atomic mass is 10.2. The van der Waals surface area contributed by atoms with Gasteiger partial charge in [0.05, 0.1) is 6.54 Å². The highest BCUT2D eigenvalue weighted by Crippen LogP contribution is 2.22. The number of rotatable bonds is 5. The second-order valence-electron chi connectivity index (χ2n) is 4.41. The lowest BCUT2D eigenvalue weighted by Crippen LogP contribution is -2.16. The van der Waals surface area contributed by atoms with Gasteiger partial charge in [0.15, 0.2) is 11.4 Å². The van der Waals surface area contributed by atoms with E-state index < -0.39 is 0 Å². The van der Waals surface area contributed by atoms with Gasteiger partial charge in [-0.25, -0.2) is 4.98 Å². The summed E-state index contributed by atoms with van der Waals surface area (Å²) >= 11 is 1.35. The SMILES string of the molecule is COCc1nsc(N(C)Cc2noc3ccccc23)n1. The lowest BCUT2D eigenvalue weighted by Gasteiger charge is -2.12. The number of nitrogens with zero attached hydrogens (tertiary/aromatic N) is 4. The smallest absolute Gasteiger partial charge is 0.205 e. The van der Waals surface area contributed by atoms with E-state index in [1.165, 1.54) is 11.5 Å². The molecule has 0 saturated carbocycles. The van der Waals surface area contributed by atoms with Crippen LogP contribution in [-0.4, -0.2) is 28.7 Å². The summed E-state index contributed by atoms with van der Waals surface area (Å²) in [5, 5.41) is 5.98. The van der Waals surface area contributed by atoms with Crippen LogP contribution in [-0.2, 0) is 17.9 Å². The first-order chi connectivity index (χ1) is 9.78. The highest BCUT2D eigenvalue weighted by Gasteiger charge is 2.13. The average Bonchev–Trinajstić information content (AvgIpc) is 3.07. The van der Waals surface area contributed by atoms with Crippen LogP contribution in [0.3, 0.4) is 0 Å². The molecule has 0 spiro atoms. The van der Waals surface area contributed by atoms with Crippen molar-refractivity contribution in [1.82, 2.24) is 14.5 Å². The molecule has 0 fully saturated rings. The van der Waals surface area contributed by atoms with Gasteiger partial charge in [0, 0.05) is 31.1 Å². The average molecular weight is 290 g/mol. The van der Waals surface area contributed by atoms with Crippen molar-refractivity contribution in [2.75, 3.05) is 19.1 Å². The molecule has 2 heterocycles. The Kier molecular flexibility index (Phi) is 3.62. The number of anilines is 1. The van der Waals surface area contributed by atoms with Crippen molar-refractivity contribution in [1.29, 1.82) is 0 Å². The molecular formula is C13H14N4O2S. The first kappa shape index (κ1) is 13.0. The van der Waals surface area contributed by atoms with Crippen LogP contribution >= 0.6 is 11.5 Å². The zero-order chi connectivity index (χ0) is 13.9. The number of para-hydroxylation sites is 1. The summed E-state index contributed by atoms with van der Waals surface area (Å²) in [5.74, 6) is 0.698. The van der Waals surface area contributed by atoms with Gasteiger partial charge in [-0.15, -0.1) is 0 Å². The maximum Gasteiger partial charge on any atom is 0.205 e. The Labute approximate surface area is 120 Å². The number of methoxy groups -OCH3 is 1. The maximum absolute atomic E-state index is 5.30. The van der Waals surface area contributed by atoms with E-state index >= 15 is 0 Å². The minimum absolute atomic E-state index is 0.428. The lowest BCUT2D eigenvalue weighted by molar-refractivity contribution is 0.179. The van der Waals surface area contributed by atoms with Gasteiger partial charge in [0.2, 0.25) is 5.13 Å². The first-order valence-corrected chi connectivity index (χ1v) is 6.91. The fourth-order valence-electron chi connectivity index (χ4n) is 1.93. The van der Waals surface area contributed by atoms with Gasteiger partial charge in [-0.2, -0.15) is 4.37 Å². The van der Waals surface area contributed by atoms with Crippen LogP contribution in [0.4, 0.5) is 5.13 Å². The molecule has 0 radical (unpaired) electrons. The number of aromatic nitrogens is 3. The summed E-state index contributed by atoms with van der Waals surface area (Å²) in [4.78, 5) is 6.41. The standard InChI is InChI=1S/C13H14N4O2S/c1-17(13-14-12(8-18-2)16-20-13)7-10-9-5-3-4-6-11(9)19-15-10/h3-6H,7-8H2,1-2H3. The molecule has 0 atom stereocenters. The predicted octanol–water partition coefficient (Wildman–Crippen LogP) is 2.46. The van der Waals surface area contributed by atoms with Crippen molar-refractivity contribution in [2.45, 2.75) is 13.2 Å². The normalized spacial score (nSPS) is 11.1. The van der Waals surface area contributed by atoms with Crippen LogP contribution in [0, 0.1) is 0 Å². The number of ether oxygens (including phenoxy) is 1. The van der Waals surface area contributed by atoms with E-state index in [4.69, 9.17) is 9.26 Å². The largest absolute Gasteiger partial charge is 0.377 e. The fourth-order valence-corrected chi connectivity index (χ4v) is 2.56. The molecule has 0 aliphatic rings. The first-order valence-electron chi connectivity index (χ1n) is 6.14. The van der Waals surface area contributed by atoms with Gasteiger partial charge in [-0.3, -0.25) is 0 Å². The topological polar surface area (TPSA) is 64.3 Å². The van der Waals surface area contributed by atoms with Gasteiger partial charge in [0.1, 0.15) is 12.3 Å². The third-order valence-electron chi connectivity index (χ3n) is 2.90. The van der Waals surface area contributed by atoms with Gasteiger partial charge in [-0.1, -0.05) is 17.3 Å². The number of benzene rings is 1. The second-order valence-corrected chi connectivity index (χ2v) is 5.14. The molecule has 3 rings (SSSR count). The number of hydrogen-bond acceptors (Lipinski definition) is 7. The number of hydrogen-bond donors (Lipinski definition) is 0. The summed E-state index contributed by atoms with van der Waals surface area (Å²) < 4.78 is 14.6. The Balaban J connectivity index is 1.79. The van der Waals surface area contributed by atoms with Crippen LogP contribution in [0.15, 0.2) is 28.8 Å². The Hall–Kier alpha value is -1.99. The van der Waals surface area contributed by atoms with E-state index in [1.807, 2.05) is 36.2 Å². The highest BCUT2D eigenvalue weighted by atomic mass is 32.1. The zero-order valence-electron chi connectivity index (χ0n) is 11.2. The third-order valence-corrected chi connectivity index (χ3v) is 3.76. The Bertz CT molecular complexity index is 709. The van der Waals surface area contributed by atoms with E-state index in [2.05, 4.69) is 14.5 Å². The highest BCUT2D eigenvalue weighted by molar-refractivity contribution is 7.09. The number of fused-ring (bicyclic) bond motifs is 1. The van der Waals surface area contributed by atoms with Crippen molar-refractivity contribution in [2.24, 2.45) is 0 Å². The summed E-state index contributed by atoms with van der Waals surface area (Å²) in [6.07, 6.45) is 0. The van der Waals surface area contributed by atoms with Crippen LogP contribution < -0.4 is 4.90 Å². The zero-order valence-corrected chi connectivity index (χ0v) is 12.1. The summed E-state index contributed by atoms with van der Waals surface area (Å²) in [6, 6.07) is 7.83. The maximum atomic E-state index is 5.30. The molecule has 7 heteroatoms. The molecule has 3 aromatic rings. The summed E-state index contributed by atoms with van der Waals surface area (Å²) in [6.45, 7) is 1.05. The van der Waals surface area contributed by atoms with Crippen molar-refractivity contribution in [3.05, 3.63) is 35.8 Å². The molecule has 104 valence electrons. The van der Waals surface area contributed by atoms with Gasteiger partial charge in [-0.05, 0) is 12.1 Å². The predicted molar refractivity (Wildman–Crippen MR) is 76.7 cm³/mol. The summed E-state index contributed by atoms with van der Waals surface area (Å²) in [7, 11) is 3.59. The molecule has 0 aliphatic carbocycles. The Morgan fingerprint density at radius 1 is 1.35 bits per heavy atom. The van der Waals surface area contributed by atoms with E-state index in [-0.39, 0.29) is 0 Å². The molecule has 0 saturated heterocycles. The van der Waals surface area contributed by atoms with Crippen molar-refractivity contribution in [3.63, 3.8) is 0 Å². The molecule has 2 aromatic heterocycles. The van der Waals surface area contributed by atoms with E-state index in [9.17, 15) is 0 Å². The molecule has 0 unspecified atom stereocenters. The Morgan fingerprint density at radius 2 is 2.20 bits per heavy atom.